The van der Waals surface area contributed by atoms with E-state index in [1.54, 1.807) is 31.2 Å². The molecule has 0 bridgehead atoms. The predicted octanol–water partition coefficient (Wildman–Crippen LogP) is 3.31. The molecule has 8 heteroatoms. The lowest BCUT2D eigenvalue weighted by atomic mass is 10.2. The van der Waals surface area contributed by atoms with Gasteiger partial charge in [-0.1, -0.05) is 6.07 Å². The topological polar surface area (TPSA) is 93.7 Å². The van der Waals surface area contributed by atoms with E-state index in [0.29, 0.717) is 36.1 Å². The molecule has 0 atom stereocenters. The van der Waals surface area contributed by atoms with Gasteiger partial charge in [-0.25, -0.2) is 8.42 Å². The Morgan fingerprint density at radius 2 is 1.79 bits per heavy atom. The number of sulfonamides is 1. The molecular weight excluding hydrogens is 380 g/mol. The van der Waals surface area contributed by atoms with Crippen LogP contribution >= 0.6 is 0 Å². The SMILES string of the molecule is Cc1ccc(NC(=O)C2CC2)cc1NS(=O)(=O)c1ccc2c(c1)OCCCO2. The standard InChI is InChI=1S/C20H22N2O5S/c1-13-3-6-15(21-20(23)14-4-5-14)11-17(13)22-28(24,25)16-7-8-18-19(12-16)27-10-2-9-26-18/h3,6-8,11-12,14,22H,2,4-5,9-10H2,1H3,(H,21,23). The average Bonchev–Trinajstić information content (AvgIpc) is 3.50. The molecule has 7 nitrogen and oxygen atoms in total. The van der Waals surface area contributed by atoms with Crippen LogP contribution in [0.3, 0.4) is 0 Å². The van der Waals surface area contributed by atoms with Gasteiger partial charge < -0.3 is 14.8 Å². The van der Waals surface area contributed by atoms with Crippen molar-refractivity contribution >= 4 is 27.3 Å². The maximum absolute atomic E-state index is 12.9. The highest BCUT2D eigenvalue weighted by molar-refractivity contribution is 7.92. The van der Waals surface area contributed by atoms with Crippen molar-refractivity contribution in [1.82, 2.24) is 0 Å². The Bertz CT molecular complexity index is 1020. The number of benzene rings is 2. The highest BCUT2D eigenvalue weighted by atomic mass is 32.2. The van der Waals surface area contributed by atoms with Gasteiger partial charge in [0.2, 0.25) is 5.91 Å². The van der Waals surface area contributed by atoms with Gasteiger partial charge in [0.15, 0.2) is 11.5 Å². The summed E-state index contributed by atoms with van der Waals surface area (Å²) in [5.41, 5.74) is 1.74. The van der Waals surface area contributed by atoms with Crippen molar-refractivity contribution in [2.75, 3.05) is 23.3 Å². The van der Waals surface area contributed by atoms with Crippen LogP contribution in [0.5, 0.6) is 11.5 Å². The summed E-state index contributed by atoms with van der Waals surface area (Å²) in [6.07, 6.45) is 2.55. The predicted molar refractivity (Wildman–Crippen MR) is 105 cm³/mol. The summed E-state index contributed by atoms with van der Waals surface area (Å²) < 4.78 is 39.5. The number of hydrogen-bond donors (Lipinski definition) is 2. The molecule has 0 radical (unpaired) electrons. The Labute approximate surface area is 164 Å². The molecule has 0 aromatic heterocycles. The monoisotopic (exact) mass is 402 g/mol. The van der Waals surface area contributed by atoms with Crippen LogP contribution in [-0.4, -0.2) is 27.5 Å². The molecule has 2 N–H and O–H groups in total. The van der Waals surface area contributed by atoms with Crippen molar-refractivity contribution in [3.05, 3.63) is 42.0 Å². The third kappa shape index (κ3) is 4.06. The van der Waals surface area contributed by atoms with Gasteiger partial charge >= 0.3 is 0 Å². The van der Waals surface area contributed by atoms with Crippen molar-refractivity contribution in [2.24, 2.45) is 5.92 Å². The van der Waals surface area contributed by atoms with E-state index in [0.717, 1.165) is 24.8 Å². The number of aryl methyl sites for hydroxylation is 1. The van der Waals surface area contributed by atoms with Gasteiger partial charge in [-0.15, -0.1) is 0 Å². The second-order valence-electron chi connectivity index (χ2n) is 7.06. The summed E-state index contributed by atoms with van der Waals surface area (Å²) in [6, 6.07) is 9.74. The molecule has 28 heavy (non-hydrogen) atoms. The van der Waals surface area contributed by atoms with Crippen LogP contribution < -0.4 is 19.5 Å². The van der Waals surface area contributed by atoms with Crippen molar-refractivity contribution in [3.8, 4) is 11.5 Å². The minimum absolute atomic E-state index is 0.0273. The summed E-state index contributed by atoms with van der Waals surface area (Å²) in [4.78, 5) is 12.1. The van der Waals surface area contributed by atoms with E-state index in [1.807, 2.05) is 0 Å². The lowest BCUT2D eigenvalue weighted by Crippen LogP contribution is -2.16. The first-order valence-corrected chi connectivity index (χ1v) is 10.7. The van der Waals surface area contributed by atoms with Gasteiger partial charge in [0, 0.05) is 24.1 Å². The van der Waals surface area contributed by atoms with E-state index in [1.165, 1.54) is 12.1 Å². The number of anilines is 2. The fourth-order valence-corrected chi connectivity index (χ4v) is 4.05. The molecule has 0 saturated heterocycles. The van der Waals surface area contributed by atoms with E-state index in [-0.39, 0.29) is 16.7 Å². The lowest BCUT2D eigenvalue weighted by molar-refractivity contribution is -0.117. The number of carbonyl (C=O) groups is 1. The minimum atomic E-state index is -3.83. The number of nitrogens with one attached hydrogen (secondary N) is 2. The van der Waals surface area contributed by atoms with Gasteiger partial charge in [0.1, 0.15) is 0 Å². The zero-order chi connectivity index (χ0) is 19.7. The molecule has 4 rings (SSSR count). The first-order valence-electron chi connectivity index (χ1n) is 9.26. The number of hydrogen-bond acceptors (Lipinski definition) is 5. The lowest BCUT2D eigenvalue weighted by Gasteiger charge is -2.14. The van der Waals surface area contributed by atoms with Crippen LogP contribution in [0.2, 0.25) is 0 Å². The minimum Gasteiger partial charge on any atom is -0.490 e. The molecule has 1 aliphatic carbocycles. The molecule has 1 heterocycles. The maximum atomic E-state index is 12.9. The second-order valence-corrected chi connectivity index (χ2v) is 8.74. The van der Waals surface area contributed by atoms with Crippen molar-refractivity contribution in [1.29, 1.82) is 0 Å². The molecule has 1 saturated carbocycles. The van der Waals surface area contributed by atoms with E-state index >= 15 is 0 Å². The number of ether oxygens (including phenoxy) is 2. The summed E-state index contributed by atoms with van der Waals surface area (Å²) >= 11 is 0. The third-order valence-electron chi connectivity index (χ3n) is 4.73. The van der Waals surface area contributed by atoms with Gasteiger partial charge in [-0.3, -0.25) is 9.52 Å². The van der Waals surface area contributed by atoms with E-state index in [9.17, 15) is 13.2 Å². The second kappa shape index (κ2) is 7.35. The van der Waals surface area contributed by atoms with Crippen LogP contribution in [0.1, 0.15) is 24.8 Å². The van der Waals surface area contributed by atoms with Gasteiger partial charge in [0.05, 0.1) is 23.8 Å². The van der Waals surface area contributed by atoms with Crippen LogP contribution in [0.25, 0.3) is 0 Å². The zero-order valence-electron chi connectivity index (χ0n) is 15.5. The molecule has 2 aromatic rings. The molecule has 148 valence electrons. The zero-order valence-corrected chi connectivity index (χ0v) is 16.3. The first-order chi connectivity index (χ1) is 13.4. The number of carbonyl (C=O) groups excluding carboxylic acids is 1. The fourth-order valence-electron chi connectivity index (χ4n) is 2.91. The van der Waals surface area contributed by atoms with Crippen LogP contribution in [0.4, 0.5) is 11.4 Å². The average molecular weight is 402 g/mol. The van der Waals surface area contributed by atoms with E-state index in [2.05, 4.69) is 10.0 Å². The van der Waals surface area contributed by atoms with Gasteiger partial charge in [-0.2, -0.15) is 0 Å². The molecule has 2 aromatic carbocycles. The molecule has 2 aliphatic rings. The third-order valence-corrected chi connectivity index (χ3v) is 6.09. The van der Waals surface area contributed by atoms with Gasteiger partial charge in [0.25, 0.3) is 10.0 Å². The van der Waals surface area contributed by atoms with E-state index in [4.69, 9.17) is 9.47 Å². The smallest absolute Gasteiger partial charge is 0.262 e. The van der Waals surface area contributed by atoms with Crippen molar-refractivity contribution in [2.45, 2.75) is 31.1 Å². The molecular formula is C20H22N2O5S. The molecule has 1 aliphatic heterocycles. The highest BCUT2D eigenvalue weighted by Gasteiger charge is 2.29. The Hall–Kier alpha value is -2.74. The Morgan fingerprint density at radius 1 is 1.04 bits per heavy atom. The summed E-state index contributed by atoms with van der Waals surface area (Å²) in [5.74, 6) is 1.00. The first kappa shape index (κ1) is 18.6. The Balaban J connectivity index is 1.57. The molecule has 1 fully saturated rings. The maximum Gasteiger partial charge on any atom is 0.262 e. The van der Waals surface area contributed by atoms with Crippen LogP contribution in [-0.2, 0) is 14.8 Å². The highest BCUT2D eigenvalue weighted by Crippen LogP contribution is 2.33. The summed E-state index contributed by atoms with van der Waals surface area (Å²) in [6.45, 7) is 2.82. The fraction of sp³-hybridized carbons (Fsp3) is 0.350. The quantitative estimate of drug-likeness (QED) is 0.800. The summed E-state index contributed by atoms with van der Waals surface area (Å²) in [5, 5.41) is 2.83. The number of amides is 1. The Morgan fingerprint density at radius 3 is 2.54 bits per heavy atom. The number of rotatable bonds is 5. The molecule has 1 amide bonds. The molecule has 0 unspecified atom stereocenters. The van der Waals surface area contributed by atoms with Crippen molar-refractivity contribution in [3.63, 3.8) is 0 Å². The Kier molecular flexibility index (Phi) is 4.89. The number of fused-ring (bicyclic) bond motifs is 1. The summed E-state index contributed by atoms with van der Waals surface area (Å²) in [7, 11) is -3.83. The van der Waals surface area contributed by atoms with Crippen molar-refractivity contribution < 1.29 is 22.7 Å². The largest absolute Gasteiger partial charge is 0.490 e. The normalized spacial score (nSPS) is 16.2. The van der Waals surface area contributed by atoms with Crippen LogP contribution in [0, 0.1) is 12.8 Å². The molecule has 0 spiro atoms. The van der Waals surface area contributed by atoms with Crippen LogP contribution in [0.15, 0.2) is 41.3 Å². The van der Waals surface area contributed by atoms with E-state index < -0.39 is 10.0 Å². The van der Waals surface area contributed by atoms with Gasteiger partial charge in [-0.05, 0) is 49.6 Å².